The van der Waals surface area contributed by atoms with E-state index in [4.69, 9.17) is 4.98 Å². The number of aromatic nitrogens is 3. The van der Waals surface area contributed by atoms with E-state index in [-0.39, 0.29) is 5.82 Å². The van der Waals surface area contributed by atoms with Gasteiger partial charge in [-0.25, -0.2) is 9.37 Å². The molecule has 1 aliphatic heterocycles. The van der Waals surface area contributed by atoms with Crippen molar-refractivity contribution in [2.75, 3.05) is 13.1 Å². The van der Waals surface area contributed by atoms with Gasteiger partial charge in [0.05, 0.1) is 11.7 Å². The lowest BCUT2D eigenvalue weighted by molar-refractivity contribution is 0.175. The van der Waals surface area contributed by atoms with Crippen LogP contribution in [0, 0.1) is 11.7 Å². The number of hydrogen-bond donors (Lipinski definition) is 0. The van der Waals surface area contributed by atoms with Gasteiger partial charge in [0.2, 0.25) is 0 Å². The van der Waals surface area contributed by atoms with Crippen LogP contribution in [0.5, 0.6) is 0 Å². The summed E-state index contributed by atoms with van der Waals surface area (Å²) >= 11 is 0. The van der Waals surface area contributed by atoms with Gasteiger partial charge in [-0.1, -0.05) is 42.5 Å². The molecular formula is C26H27FN4. The van der Waals surface area contributed by atoms with Crippen molar-refractivity contribution < 1.29 is 4.39 Å². The highest BCUT2D eigenvalue weighted by atomic mass is 19.1. The maximum Gasteiger partial charge on any atom is 0.123 e. The Bertz CT molecular complexity index is 1130. The molecule has 0 radical (unpaired) electrons. The normalized spacial score (nSPS) is 15.5. The summed E-state index contributed by atoms with van der Waals surface area (Å²) in [6.07, 6.45) is 6.99. The first-order valence-electron chi connectivity index (χ1n) is 11.0. The van der Waals surface area contributed by atoms with Crippen LogP contribution in [-0.2, 0) is 19.5 Å². The molecule has 0 unspecified atom stereocenters. The number of nitrogens with zero attached hydrogens (tertiary/aromatic N) is 4. The lowest BCUT2D eigenvalue weighted by Gasteiger charge is -2.32. The number of piperidine rings is 1. The number of halogens is 1. The Labute approximate surface area is 182 Å². The lowest BCUT2D eigenvalue weighted by atomic mass is 9.93. The summed E-state index contributed by atoms with van der Waals surface area (Å²) in [6.45, 7) is 3.98. The topological polar surface area (TPSA) is 34.0 Å². The molecular weight excluding hydrogens is 387 g/mol. The Balaban J connectivity index is 1.29. The SMILES string of the molecule is Fc1ccc(Cn2c(CC3CCN(Cc4ccccc4)CC3)nc3cnccc32)cc1. The maximum atomic E-state index is 13.3. The molecule has 1 saturated heterocycles. The highest BCUT2D eigenvalue weighted by molar-refractivity contribution is 5.74. The van der Waals surface area contributed by atoms with Crippen molar-refractivity contribution in [3.05, 3.63) is 95.8 Å². The van der Waals surface area contributed by atoms with Crippen molar-refractivity contribution in [2.24, 2.45) is 5.92 Å². The fourth-order valence-electron chi connectivity index (χ4n) is 4.58. The fraction of sp³-hybridized carbons (Fsp3) is 0.308. The molecule has 158 valence electrons. The van der Waals surface area contributed by atoms with Crippen LogP contribution >= 0.6 is 0 Å². The molecule has 31 heavy (non-hydrogen) atoms. The molecule has 0 spiro atoms. The summed E-state index contributed by atoms with van der Waals surface area (Å²) in [6, 6.07) is 19.5. The van der Waals surface area contributed by atoms with Gasteiger partial charge in [0, 0.05) is 25.7 Å². The van der Waals surface area contributed by atoms with Gasteiger partial charge in [0.1, 0.15) is 17.2 Å². The van der Waals surface area contributed by atoms with E-state index >= 15 is 0 Å². The molecule has 3 heterocycles. The second-order valence-corrected chi connectivity index (χ2v) is 8.51. The van der Waals surface area contributed by atoms with Gasteiger partial charge < -0.3 is 4.57 Å². The molecule has 0 amide bonds. The summed E-state index contributed by atoms with van der Waals surface area (Å²) < 4.78 is 15.6. The summed E-state index contributed by atoms with van der Waals surface area (Å²) in [4.78, 5) is 11.7. The molecule has 1 aliphatic rings. The maximum absolute atomic E-state index is 13.3. The van der Waals surface area contributed by atoms with Crippen LogP contribution in [0.15, 0.2) is 73.1 Å². The van der Waals surface area contributed by atoms with Crippen molar-refractivity contribution in [1.29, 1.82) is 0 Å². The van der Waals surface area contributed by atoms with Gasteiger partial charge in [-0.15, -0.1) is 0 Å². The third-order valence-electron chi connectivity index (χ3n) is 6.31. The minimum atomic E-state index is -0.203. The first-order valence-corrected chi connectivity index (χ1v) is 11.0. The predicted molar refractivity (Wildman–Crippen MR) is 121 cm³/mol. The van der Waals surface area contributed by atoms with Crippen LogP contribution in [0.1, 0.15) is 29.8 Å². The molecule has 0 saturated carbocycles. The minimum absolute atomic E-state index is 0.203. The van der Waals surface area contributed by atoms with Crippen LogP contribution in [0.3, 0.4) is 0 Å². The first kappa shape index (κ1) is 19.9. The quantitative estimate of drug-likeness (QED) is 0.442. The molecule has 2 aromatic heterocycles. The molecule has 0 bridgehead atoms. The molecule has 0 N–H and O–H groups in total. The second kappa shape index (κ2) is 8.98. The number of likely N-dealkylation sites (tertiary alicyclic amines) is 1. The number of rotatable bonds is 6. The van der Waals surface area contributed by atoms with Gasteiger partial charge >= 0.3 is 0 Å². The van der Waals surface area contributed by atoms with E-state index in [0.717, 1.165) is 48.5 Å². The fourth-order valence-corrected chi connectivity index (χ4v) is 4.58. The smallest absolute Gasteiger partial charge is 0.123 e. The monoisotopic (exact) mass is 414 g/mol. The zero-order valence-corrected chi connectivity index (χ0v) is 17.6. The first-order chi connectivity index (χ1) is 15.2. The van der Waals surface area contributed by atoms with Crippen molar-refractivity contribution in [1.82, 2.24) is 19.4 Å². The standard InChI is InChI=1S/C26H27FN4/c27-23-8-6-22(7-9-23)19-31-25-10-13-28-17-24(25)29-26(31)16-20-11-14-30(15-12-20)18-21-4-2-1-3-5-21/h1-10,13,17,20H,11-12,14-16,18-19H2. The summed E-state index contributed by atoms with van der Waals surface area (Å²) in [5, 5.41) is 0. The average molecular weight is 415 g/mol. The number of imidazole rings is 1. The number of fused-ring (bicyclic) bond motifs is 1. The largest absolute Gasteiger partial charge is 0.323 e. The Morgan fingerprint density at radius 2 is 1.61 bits per heavy atom. The van der Waals surface area contributed by atoms with Crippen molar-refractivity contribution in [2.45, 2.75) is 32.4 Å². The molecule has 0 atom stereocenters. The van der Waals surface area contributed by atoms with Crippen molar-refractivity contribution >= 4 is 11.0 Å². The Morgan fingerprint density at radius 1 is 0.871 bits per heavy atom. The lowest BCUT2D eigenvalue weighted by Crippen LogP contribution is -2.34. The van der Waals surface area contributed by atoms with Gasteiger partial charge in [-0.05, 0) is 61.2 Å². The molecule has 2 aromatic carbocycles. The molecule has 5 heteroatoms. The van der Waals surface area contributed by atoms with Crippen LogP contribution in [0.4, 0.5) is 4.39 Å². The minimum Gasteiger partial charge on any atom is -0.323 e. The predicted octanol–water partition coefficient (Wildman–Crippen LogP) is 5.07. The van der Waals surface area contributed by atoms with Crippen molar-refractivity contribution in [3.8, 4) is 0 Å². The highest BCUT2D eigenvalue weighted by Crippen LogP contribution is 2.25. The van der Waals surface area contributed by atoms with Gasteiger partial charge in [-0.3, -0.25) is 9.88 Å². The average Bonchev–Trinajstić information content (AvgIpc) is 3.14. The molecule has 4 aromatic rings. The number of pyridine rings is 1. The Hall–Kier alpha value is -3.05. The molecule has 5 rings (SSSR count). The molecule has 0 aliphatic carbocycles. The molecule has 1 fully saturated rings. The van der Waals surface area contributed by atoms with E-state index in [9.17, 15) is 4.39 Å². The molecule has 4 nitrogen and oxygen atoms in total. The van der Waals surface area contributed by atoms with E-state index < -0.39 is 0 Å². The van der Waals surface area contributed by atoms with Crippen LogP contribution in [0.2, 0.25) is 0 Å². The van der Waals surface area contributed by atoms with Crippen LogP contribution in [-0.4, -0.2) is 32.5 Å². The zero-order valence-electron chi connectivity index (χ0n) is 17.6. The Morgan fingerprint density at radius 3 is 2.39 bits per heavy atom. The van der Waals surface area contributed by atoms with Gasteiger partial charge in [0.25, 0.3) is 0 Å². The van der Waals surface area contributed by atoms with E-state index in [2.05, 4.69) is 44.8 Å². The zero-order chi connectivity index (χ0) is 21.0. The van der Waals surface area contributed by atoms with E-state index in [1.165, 1.54) is 30.5 Å². The summed E-state index contributed by atoms with van der Waals surface area (Å²) in [7, 11) is 0. The third kappa shape index (κ3) is 4.67. The summed E-state index contributed by atoms with van der Waals surface area (Å²) in [5.41, 5.74) is 4.49. The highest BCUT2D eigenvalue weighted by Gasteiger charge is 2.22. The number of benzene rings is 2. The van der Waals surface area contributed by atoms with E-state index in [1.54, 1.807) is 0 Å². The third-order valence-corrected chi connectivity index (χ3v) is 6.31. The van der Waals surface area contributed by atoms with Crippen LogP contribution in [0.25, 0.3) is 11.0 Å². The number of hydrogen-bond acceptors (Lipinski definition) is 3. The van der Waals surface area contributed by atoms with Crippen molar-refractivity contribution in [3.63, 3.8) is 0 Å². The van der Waals surface area contributed by atoms with E-state index in [1.807, 2.05) is 30.6 Å². The summed E-state index contributed by atoms with van der Waals surface area (Å²) in [5.74, 6) is 1.53. The van der Waals surface area contributed by atoms with Gasteiger partial charge in [0.15, 0.2) is 0 Å². The Kier molecular flexibility index (Phi) is 5.76. The van der Waals surface area contributed by atoms with E-state index in [0.29, 0.717) is 12.5 Å². The van der Waals surface area contributed by atoms with Crippen LogP contribution < -0.4 is 0 Å². The second-order valence-electron chi connectivity index (χ2n) is 8.51. The van der Waals surface area contributed by atoms with Gasteiger partial charge in [-0.2, -0.15) is 0 Å².